The molecule has 4 rings (SSSR count). The molecule has 0 bridgehead atoms. The van der Waals surface area contributed by atoms with Gasteiger partial charge in [-0.2, -0.15) is 0 Å². The molecule has 1 aliphatic carbocycles. The molecular formula is C18H19N3O3S. The molecule has 1 unspecified atom stereocenters. The van der Waals surface area contributed by atoms with Crippen LogP contribution < -0.4 is 15.6 Å². The monoisotopic (exact) mass is 357 g/mol. The third-order valence-electron chi connectivity index (χ3n) is 4.65. The zero-order chi connectivity index (χ0) is 17.4. The number of thioether (sulfide) groups is 1. The summed E-state index contributed by atoms with van der Waals surface area (Å²) in [6.45, 7) is 0. The molecule has 130 valence electrons. The van der Waals surface area contributed by atoms with Gasteiger partial charge < -0.3 is 10.1 Å². The van der Waals surface area contributed by atoms with Gasteiger partial charge in [-0.25, -0.2) is 4.98 Å². The third-order valence-corrected chi connectivity index (χ3v) is 5.74. The molecule has 25 heavy (non-hydrogen) atoms. The van der Waals surface area contributed by atoms with Crippen LogP contribution in [-0.2, 0) is 17.6 Å². The Hall–Kier alpha value is -2.28. The Morgan fingerprint density at radius 2 is 2.32 bits per heavy atom. The first-order chi connectivity index (χ1) is 12.2. The van der Waals surface area contributed by atoms with E-state index in [9.17, 15) is 9.59 Å². The normalized spacial score (nSPS) is 17.9. The van der Waals surface area contributed by atoms with Crippen LogP contribution in [0.5, 0.6) is 5.75 Å². The number of nitrogens with one attached hydrogen (secondary N) is 1. The van der Waals surface area contributed by atoms with Crippen LogP contribution in [0.15, 0.2) is 34.2 Å². The Morgan fingerprint density at radius 1 is 1.44 bits per heavy atom. The van der Waals surface area contributed by atoms with Gasteiger partial charge in [-0.05, 0) is 31.4 Å². The van der Waals surface area contributed by atoms with Crippen LogP contribution in [0, 0.1) is 0 Å². The summed E-state index contributed by atoms with van der Waals surface area (Å²) < 4.78 is 6.89. The number of anilines is 1. The summed E-state index contributed by atoms with van der Waals surface area (Å²) in [7, 11) is 1.59. The molecule has 7 heteroatoms. The lowest BCUT2D eigenvalue weighted by Crippen LogP contribution is -2.30. The van der Waals surface area contributed by atoms with Gasteiger partial charge in [0.05, 0.1) is 18.8 Å². The zero-order valence-corrected chi connectivity index (χ0v) is 14.8. The second-order valence-electron chi connectivity index (χ2n) is 6.30. The topological polar surface area (TPSA) is 73.2 Å². The Kier molecular flexibility index (Phi) is 4.25. The summed E-state index contributed by atoms with van der Waals surface area (Å²) in [4.78, 5) is 29.8. The SMILES string of the molecule is COc1cccc(NC(=O)CC2CSc3nc4c(c(=O)n32)CCC4)c1. The summed E-state index contributed by atoms with van der Waals surface area (Å²) in [5.74, 6) is 1.28. The van der Waals surface area contributed by atoms with Gasteiger partial charge in [-0.15, -0.1) is 0 Å². The number of aryl methyl sites for hydroxylation is 1. The maximum Gasteiger partial charge on any atom is 0.257 e. The third kappa shape index (κ3) is 3.04. The number of aromatic nitrogens is 2. The van der Waals surface area contributed by atoms with Crippen molar-refractivity contribution in [3.05, 3.63) is 45.9 Å². The van der Waals surface area contributed by atoms with Gasteiger partial charge >= 0.3 is 0 Å². The number of carbonyl (C=O) groups is 1. The molecule has 1 aliphatic heterocycles. The lowest BCUT2D eigenvalue weighted by atomic mass is 10.2. The van der Waals surface area contributed by atoms with Crippen molar-refractivity contribution in [2.45, 2.75) is 36.9 Å². The van der Waals surface area contributed by atoms with E-state index < -0.39 is 0 Å². The number of nitrogens with zero attached hydrogens (tertiary/aromatic N) is 2. The van der Waals surface area contributed by atoms with Crippen LogP contribution in [0.4, 0.5) is 5.69 Å². The highest BCUT2D eigenvalue weighted by Gasteiger charge is 2.31. The first kappa shape index (κ1) is 16.2. The largest absolute Gasteiger partial charge is 0.497 e. The molecule has 0 saturated heterocycles. The number of benzene rings is 1. The summed E-state index contributed by atoms with van der Waals surface area (Å²) >= 11 is 1.56. The summed E-state index contributed by atoms with van der Waals surface area (Å²) in [6, 6.07) is 7.10. The standard InChI is InChI=1S/C18H19N3O3S/c1-24-13-5-2-4-11(8-13)19-16(22)9-12-10-25-18-20-15-7-3-6-14(15)17(23)21(12)18/h2,4-5,8,12H,3,6-7,9-10H2,1H3,(H,19,22). The van der Waals surface area contributed by atoms with Gasteiger partial charge in [0.1, 0.15) is 5.75 Å². The minimum absolute atomic E-state index is 0.0432. The molecular weight excluding hydrogens is 338 g/mol. The van der Waals surface area contributed by atoms with E-state index in [1.165, 1.54) is 0 Å². The fourth-order valence-corrected chi connectivity index (χ4v) is 4.58. The fourth-order valence-electron chi connectivity index (χ4n) is 3.43. The maximum absolute atomic E-state index is 12.7. The van der Waals surface area contributed by atoms with Gasteiger partial charge in [0.15, 0.2) is 5.16 Å². The van der Waals surface area contributed by atoms with Crippen molar-refractivity contribution >= 4 is 23.4 Å². The van der Waals surface area contributed by atoms with Crippen molar-refractivity contribution in [3.8, 4) is 5.75 Å². The molecule has 1 N–H and O–H groups in total. The molecule has 0 spiro atoms. The summed E-state index contributed by atoms with van der Waals surface area (Å²) in [5.41, 5.74) is 2.52. The number of ether oxygens (including phenoxy) is 1. The van der Waals surface area contributed by atoms with Crippen molar-refractivity contribution in [2.24, 2.45) is 0 Å². The highest BCUT2D eigenvalue weighted by atomic mass is 32.2. The van der Waals surface area contributed by atoms with Gasteiger partial charge in [0, 0.05) is 29.5 Å². The van der Waals surface area contributed by atoms with Crippen LogP contribution in [0.3, 0.4) is 0 Å². The Bertz CT molecular complexity index is 894. The van der Waals surface area contributed by atoms with Crippen molar-refractivity contribution < 1.29 is 9.53 Å². The second-order valence-corrected chi connectivity index (χ2v) is 7.28. The summed E-state index contributed by atoms with van der Waals surface area (Å²) in [6.07, 6.45) is 2.94. The lowest BCUT2D eigenvalue weighted by molar-refractivity contribution is -0.116. The predicted molar refractivity (Wildman–Crippen MR) is 96.5 cm³/mol. The number of methoxy groups -OCH3 is 1. The number of amides is 1. The van der Waals surface area contributed by atoms with E-state index in [4.69, 9.17) is 4.74 Å². The molecule has 2 aromatic rings. The Labute approximate surface area is 149 Å². The van der Waals surface area contributed by atoms with E-state index in [1.807, 2.05) is 18.2 Å². The predicted octanol–water partition coefficient (Wildman–Crippen LogP) is 2.42. The summed E-state index contributed by atoms with van der Waals surface area (Å²) in [5, 5.41) is 3.64. The first-order valence-electron chi connectivity index (χ1n) is 8.36. The first-order valence-corrected chi connectivity index (χ1v) is 9.35. The van der Waals surface area contributed by atoms with Gasteiger partial charge in [0.25, 0.3) is 5.56 Å². The smallest absolute Gasteiger partial charge is 0.257 e. The van der Waals surface area contributed by atoms with E-state index in [0.717, 1.165) is 35.7 Å². The average Bonchev–Trinajstić information content (AvgIpc) is 3.23. The average molecular weight is 357 g/mol. The van der Waals surface area contributed by atoms with E-state index >= 15 is 0 Å². The van der Waals surface area contributed by atoms with E-state index in [0.29, 0.717) is 17.2 Å². The minimum atomic E-state index is -0.142. The number of fused-ring (bicyclic) bond motifs is 2. The molecule has 0 saturated carbocycles. The molecule has 0 fully saturated rings. The molecule has 1 amide bonds. The Balaban J connectivity index is 1.52. The van der Waals surface area contributed by atoms with E-state index in [1.54, 1.807) is 29.5 Å². The molecule has 0 radical (unpaired) electrons. The zero-order valence-electron chi connectivity index (χ0n) is 13.9. The number of hydrogen-bond donors (Lipinski definition) is 1. The number of rotatable bonds is 4. The van der Waals surface area contributed by atoms with E-state index in [-0.39, 0.29) is 23.9 Å². The lowest BCUT2D eigenvalue weighted by Gasteiger charge is -2.14. The van der Waals surface area contributed by atoms with E-state index in [2.05, 4.69) is 10.3 Å². The quantitative estimate of drug-likeness (QED) is 0.851. The van der Waals surface area contributed by atoms with Crippen LogP contribution in [-0.4, -0.2) is 28.3 Å². The maximum atomic E-state index is 12.7. The molecule has 1 aromatic heterocycles. The molecule has 2 aliphatic rings. The number of carbonyl (C=O) groups excluding carboxylic acids is 1. The van der Waals surface area contributed by atoms with Crippen LogP contribution in [0.25, 0.3) is 0 Å². The Morgan fingerprint density at radius 3 is 3.16 bits per heavy atom. The highest BCUT2D eigenvalue weighted by molar-refractivity contribution is 7.99. The number of hydrogen-bond acceptors (Lipinski definition) is 5. The van der Waals surface area contributed by atoms with Crippen molar-refractivity contribution in [1.82, 2.24) is 9.55 Å². The van der Waals surface area contributed by atoms with Gasteiger partial charge in [-0.3, -0.25) is 14.2 Å². The molecule has 6 nitrogen and oxygen atoms in total. The van der Waals surface area contributed by atoms with Gasteiger partial charge in [0.2, 0.25) is 5.91 Å². The van der Waals surface area contributed by atoms with Crippen LogP contribution in [0.1, 0.15) is 30.1 Å². The van der Waals surface area contributed by atoms with Crippen molar-refractivity contribution in [2.75, 3.05) is 18.2 Å². The van der Waals surface area contributed by atoms with Crippen molar-refractivity contribution in [1.29, 1.82) is 0 Å². The van der Waals surface area contributed by atoms with Crippen LogP contribution in [0.2, 0.25) is 0 Å². The van der Waals surface area contributed by atoms with Crippen LogP contribution >= 0.6 is 11.8 Å². The molecule has 2 heterocycles. The van der Waals surface area contributed by atoms with Crippen molar-refractivity contribution in [3.63, 3.8) is 0 Å². The molecule has 1 atom stereocenters. The second kappa shape index (κ2) is 6.55. The minimum Gasteiger partial charge on any atom is -0.497 e. The van der Waals surface area contributed by atoms with Gasteiger partial charge in [-0.1, -0.05) is 17.8 Å². The highest BCUT2D eigenvalue weighted by Crippen LogP contribution is 2.34. The fraction of sp³-hybridized carbons (Fsp3) is 0.389. The molecule has 1 aromatic carbocycles.